The van der Waals surface area contributed by atoms with Crippen LogP contribution in [0.4, 0.5) is 8.78 Å². The number of aliphatic hydroxyl groups excluding tert-OH is 1. The fourth-order valence-corrected chi connectivity index (χ4v) is 2.46. The molecule has 0 aliphatic carbocycles. The second-order valence-electron chi connectivity index (χ2n) is 5.16. The van der Waals surface area contributed by atoms with Crippen molar-refractivity contribution in [2.24, 2.45) is 0 Å². The summed E-state index contributed by atoms with van der Waals surface area (Å²) in [7, 11) is 0. The van der Waals surface area contributed by atoms with Gasteiger partial charge in [-0.2, -0.15) is 0 Å². The smallest absolute Gasteiger partial charge is 0.129 e. The predicted octanol–water partition coefficient (Wildman–Crippen LogP) is 3.22. The van der Waals surface area contributed by atoms with E-state index in [0.29, 0.717) is 12.0 Å². The molecule has 1 N–H and O–H groups in total. The van der Waals surface area contributed by atoms with E-state index in [9.17, 15) is 13.9 Å². The van der Waals surface area contributed by atoms with Crippen LogP contribution in [0.15, 0.2) is 18.2 Å². The Balaban J connectivity index is 1.78. The van der Waals surface area contributed by atoms with Crippen molar-refractivity contribution in [2.45, 2.75) is 50.7 Å². The minimum Gasteiger partial charge on any atom is -0.393 e. The van der Waals surface area contributed by atoms with Crippen LogP contribution in [-0.4, -0.2) is 23.9 Å². The SMILES string of the molecule is OC(CCC1CCCCO1)Cc1ccc(F)cc1F. The molecule has 2 unspecified atom stereocenters. The maximum Gasteiger partial charge on any atom is 0.129 e. The third-order valence-corrected chi connectivity index (χ3v) is 3.57. The van der Waals surface area contributed by atoms with Crippen LogP contribution in [0, 0.1) is 11.6 Å². The number of halogens is 2. The molecule has 1 aliphatic rings. The van der Waals surface area contributed by atoms with Gasteiger partial charge in [0.2, 0.25) is 0 Å². The quantitative estimate of drug-likeness (QED) is 0.890. The number of aliphatic hydroxyl groups is 1. The number of hydrogen-bond acceptors (Lipinski definition) is 2. The van der Waals surface area contributed by atoms with E-state index >= 15 is 0 Å². The molecule has 19 heavy (non-hydrogen) atoms. The van der Waals surface area contributed by atoms with E-state index in [4.69, 9.17) is 4.74 Å². The maximum atomic E-state index is 13.4. The number of ether oxygens (including phenoxy) is 1. The Morgan fingerprint density at radius 2 is 2.16 bits per heavy atom. The number of benzene rings is 1. The first kappa shape index (κ1) is 14.4. The van der Waals surface area contributed by atoms with Crippen molar-refractivity contribution in [1.82, 2.24) is 0 Å². The Kier molecular flexibility index (Phi) is 5.28. The van der Waals surface area contributed by atoms with Gasteiger partial charge in [-0.1, -0.05) is 6.07 Å². The molecule has 2 nitrogen and oxygen atoms in total. The molecule has 1 heterocycles. The normalized spacial score (nSPS) is 21.3. The van der Waals surface area contributed by atoms with Gasteiger partial charge in [0.25, 0.3) is 0 Å². The van der Waals surface area contributed by atoms with E-state index in [0.717, 1.165) is 31.9 Å². The van der Waals surface area contributed by atoms with Gasteiger partial charge in [0.05, 0.1) is 12.2 Å². The minimum absolute atomic E-state index is 0.221. The molecule has 0 radical (unpaired) electrons. The summed E-state index contributed by atoms with van der Waals surface area (Å²) in [5, 5.41) is 9.91. The summed E-state index contributed by atoms with van der Waals surface area (Å²) >= 11 is 0. The summed E-state index contributed by atoms with van der Waals surface area (Å²) in [6, 6.07) is 3.46. The molecule has 106 valence electrons. The van der Waals surface area contributed by atoms with Crippen molar-refractivity contribution in [3.8, 4) is 0 Å². The lowest BCUT2D eigenvalue weighted by molar-refractivity contribution is 0.00230. The Labute approximate surface area is 112 Å². The Morgan fingerprint density at radius 3 is 2.84 bits per heavy atom. The van der Waals surface area contributed by atoms with E-state index in [1.807, 2.05) is 0 Å². The van der Waals surface area contributed by atoms with Gasteiger partial charge in [-0.25, -0.2) is 8.78 Å². The average molecular weight is 270 g/mol. The molecule has 1 aliphatic heterocycles. The molecule has 2 rings (SSSR count). The molecule has 0 amide bonds. The summed E-state index contributed by atoms with van der Waals surface area (Å²) in [5.41, 5.74) is 0.360. The van der Waals surface area contributed by atoms with Crippen molar-refractivity contribution in [1.29, 1.82) is 0 Å². The molecular formula is C15H20F2O2. The first-order valence-corrected chi connectivity index (χ1v) is 6.89. The van der Waals surface area contributed by atoms with Gasteiger partial charge in [-0.15, -0.1) is 0 Å². The van der Waals surface area contributed by atoms with E-state index in [1.54, 1.807) is 0 Å². The summed E-state index contributed by atoms with van der Waals surface area (Å²) in [4.78, 5) is 0. The third kappa shape index (κ3) is 4.55. The minimum atomic E-state index is -0.606. The predicted molar refractivity (Wildman–Crippen MR) is 68.9 cm³/mol. The van der Waals surface area contributed by atoms with Crippen molar-refractivity contribution in [3.63, 3.8) is 0 Å². The van der Waals surface area contributed by atoms with Gasteiger partial charge in [0, 0.05) is 19.1 Å². The molecule has 1 aromatic carbocycles. The van der Waals surface area contributed by atoms with Crippen LogP contribution >= 0.6 is 0 Å². The fourth-order valence-electron chi connectivity index (χ4n) is 2.46. The standard InChI is InChI=1S/C15H20F2O2/c16-12-5-4-11(15(17)10-12)9-13(18)6-7-14-3-1-2-8-19-14/h4-5,10,13-14,18H,1-3,6-9H2. The molecule has 0 spiro atoms. The van der Waals surface area contributed by atoms with Gasteiger partial charge < -0.3 is 9.84 Å². The molecule has 4 heteroatoms. The third-order valence-electron chi connectivity index (χ3n) is 3.57. The molecular weight excluding hydrogens is 250 g/mol. The fraction of sp³-hybridized carbons (Fsp3) is 0.600. The monoisotopic (exact) mass is 270 g/mol. The number of rotatable bonds is 5. The van der Waals surface area contributed by atoms with Crippen LogP contribution in [0.3, 0.4) is 0 Å². The first-order chi connectivity index (χ1) is 9.15. The molecule has 0 aromatic heterocycles. The highest BCUT2D eigenvalue weighted by molar-refractivity contribution is 5.19. The Bertz CT molecular complexity index is 403. The van der Waals surface area contributed by atoms with Crippen LogP contribution in [0.25, 0.3) is 0 Å². The summed E-state index contributed by atoms with van der Waals surface area (Å²) in [6.45, 7) is 0.799. The van der Waals surface area contributed by atoms with E-state index in [2.05, 4.69) is 0 Å². The molecule has 0 bridgehead atoms. The van der Waals surface area contributed by atoms with Crippen LogP contribution < -0.4 is 0 Å². The molecule has 1 aromatic rings. The largest absolute Gasteiger partial charge is 0.393 e. The van der Waals surface area contributed by atoms with Crippen molar-refractivity contribution < 1.29 is 18.6 Å². The lowest BCUT2D eigenvalue weighted by atomic mass is 9.99. The van der Waals surface area contributed by atoms with Gasteiger partial charge in [-0.05, 0) is 43.7 Å². The number of hydrogen-bond donors (Lipinski definition) is 1. The van der Waals surface area contributed by atoms with Crippen molar-refractivity contribution >= 4 is 0 Å². The van der Waals surface area contributed by atoms with E-state index in [1.165, 1.54) is 18.6 Å². The second-order valence-corrected chi connectivity index (χ2v) is 5.16. The van der Waals surface area contributed by atoms with Gasteiger partial charge >= 0.3 is 0 Å². The topological polar surface area (TPSA) is 29.5 Å². The van der Waals surface area contributed by atoms with Gasteiger partial charge in [0.1, 0.15) is 11.6 Å². The van der Waals surface area contributed by atoms with E-state index < -0.39 is 17.7 Å². The molecule has 1 fully saturated rings. The summed E-state index contributed by atoms with van der Waals surface area (Å²) in [5.74, 6) is -1.18. The molecule has 1 saturated heterocycles. The Morgan fingerprint density at radius 1 is 1.32 bits per heavy atom. The van der Waals surface area contributed by atoms with Crippen LogP contribution in [0.1, 0.15) is 37.7 Å². The van der Waals surface area contributed by atoms with Gasteiger partial charge in [-0.3, -0.25) is 0 Å². The van der Waals surface area contributed by atoms with Gasteiger partial charge in [0.15, 0.2) is 0 Å². The zero-order valence-corrected chi connectivity index (χ0v) is 10.9. The summed E-state index contributed by atoms with van der Waals surface area (Å²) < 4.78 is 31.8. The summed E-state index contributed by atoms with van der Waals surface area (Å²) in [6.07, 6.45) is 4.54. The zero-order valence-electron chi connectivity index (χ0n) is 10.9. The molecule has 0 saturated carbocycles. The zero-order chi connectivity index (χ0) is 13.7. The average Bonchev–Trinajstić information content (AvgIpc) is 2.41. The lowest BCUT2D eigenvalue weighted by Crippen LogP contribution is -2.22. The first-order valence-electron chi connectivity index (χ1n) is 6.89. The van der Waals surface area contributed by atoms with Crippen LogP contribution in [-0.2, 0) is 11.2 Å². The highest BCUT2D eigenvalue weighted by atomic mass is 19.1. The lowest BCUT2D eigenvalue weighted by Gasteiger charge is -2.23. The highest BCUT2D eigenvalue weighted by Gasteiger charge is 2.16. The maximum absolute atomic E-state index is 13.4. The van der Waals surface area contributed by atoms with Crippen molar-refractivity contribution in [3.05, 3.63) is 35.4 Å². The Hall–Kier alpha value is -1.00. The highest BCUT2D eigenvalue weighted by Crippen LogP contribution is 2.19. The van der Waals surface area contributed by atoms with Crippen molar-refractivity contribution in [2.75, 3.05) is 6.61 Å². The second kappa shape index (κ2) is 6.96. The van der Waals surface area contributed by atoms with Crippen LogP contribution in [0.5, 0.6) is 0 Å². The van der Waals surface area contributed by atoms with E-state index in [-0.39, 0.29) is 12.5 Å². The van der Waals surface area contributed by atoms with Crippen LogP contribution in [0.2, 0.25) is 0 Å². The molecule has 2 atom stereocenters.